The van der Waals surface area contributed by atoms with Crippen LogP contribution in [0, 0.1) is 5.41 Å². The Labute approximate surface area is 86.4 Å². The van der Waals surface area contributed by atoms with E-state index in [1.54, 1.807) is 0 Å². The molecule has 0 bridgehead atoms. The summed E-state index contributed by atoms with van der Waals surface area (Å²) in [6.45, 7) is 0. The van der Waals surface area contributed by atoms with Crippen molar-refractivity contribution in [3.8, 4) is 0 Å². The number of rotatable bonds is 2. The van der Waals surface area contributed by atoms with Crippen molar-refractivity contribution in [2.75, 3.05) is 0 Å². The molecule has 0 aliphatic carbocycles. The van der Waals surface area contributed by atoms with Gasteiger partial charge in [0.15, 0.2) is 0 Å². The largest absolute Gasteiger partial charge is 0.387 e. The van der Waals surface area contributed by atoms with E-state index >= 15 is 0 Å². The number of halogens is 1. The highest BCUT2D eigenvalue weighted by atomic mass is 35.5. The molecule has 1 aromatic carbocycles. The van der Waals surface area contributed by atoms with E-state index in [4.69, 9.17) is 22.7 Å². The van der Waals surface area contributed by atoms with Gasteiger partial charge in [-0.1, -0.05) is 11.6 Å². The fourth-order valence-electron chi connectivity index (χ4n) is 1.46. The zero-order valence-electron chi connectivity index (χ0n) is 7.47. The summed E-state index contributed by atoms with van der Waals surface area (Å²) >= 11 is 5.85. The molecule has 14 heavy (non-hydrogen) atoms. The lowest BCUT2D eigenvalue weighted by atomic mass is 10.2. The summed E-state index contributed by atoms with van der Waals surface area (Å²) in [6, 6.07) is 7.60. The highest BCUT2D eigenvalue weighted by Gasteiger charge is 2.02. The Morgan fingerprint density at radius 3 is 2.93 bits per heavy atom. The number of hydrogen-bond donors (Lipinski definition) is 3. The first-order valence-electron chi connectivity index (χ1n) is 4.25. The lowest BCUT2D eigenvalue weighted by Crippen LogP contribution is -2.12. The Balaban J connectivity index is 2.46. The molecule has 4 heteroatoms. The molecule has 0 fully saturated rings. The summed E-state index contributed by atoms with van der Waals surface area (Å²) < 4.78 is 0. The average molecular weight is 208 g/mol. The van der Waals surface area contributed by atoms with Crippen LogP contribution in [0.2, 0.25) is 5.02 Å². The standard InChI is InChI=1S/C10H10ClN3/c11-7-1-2-9-6(3-7)4-8(14-9)5-10(12)13/h1-4,14H,5H2,(H3,12,13). The second-order valence-corrected chi connectivity index (χ2v) is 3.66. The molecule has 72 valence electrons. The molecule has 0 atom stereocenters. The van der Waals surface area contributed by atoms with E-state index in [0.717, 1.165) is 16.6 Å². The minimum Gasteiger partial charge on any atom is -0.387 e. The van der Waals surface area contributed by atoms with Crippen LogP contribution < -0.4 is 5.73 Å². The molecule has 0 amide bonds. The number of nitrogens with two attached hydrogens (primary N) is 1. The van der Waals surface area contributed by atoms with Gasteiger partial charge in [0.1, 0.15) is 0 Å². The number of aromatic amines is 1. The Bertz CT molecular complexity index is 487. The fourth-order valence-corrected chi connectivity index (χ4v) is 1.64. The molecular weight excluding hydrogens is 198 g/mol. The first-order chi connectivity index (χ1) is 6.65. The normalized spacial score (nSPS) is 10.6. The Morgan fingerprint density at radius 1 is 1.43 bits per heavy atom. The van der Waals surface area contributed by atoms with Crippen LogP contribution >= 0.6 is 11.6 Å². The van der Waals surface area contributed by atoms with E-state index in [0.29, 0.717) is 11.4 Å². The van der Waals surface area contributed by atoms with E-state index < -0.39 is 0 Å². The molecule has 0 spiro atoms. The van der Waals surface area contributed by atoms with Gasteiger partial charge in [-0.2, -0.15) is 0 Å². The molecule has 1 heterocycles. The maximum atomic E-state index is 7.18. The van der Waals surface area contributed by atoms with Crippen LogP contribution in [-0.2, 0) is 6.42 Å². The molecule has 2 rings (SSSR count). The Hall–Kier alpha value is -1.48. The van der Waals surface area contributed by atoms with Crippen molar-refractivity contribution in [2.45, 2.75) is 6.42 Å². The van der Waals surface area contributed by atoms with E-state index in [9.17, 15) is 0 Å². The zero-order valence-corrected chi connectivity index (χ0v) is 8.23. The summed E-state index contributed by atoms with van der Waals surface area (Å²) in [5.41, 5.74) is 7.27. The summed E-state index contributed by atoms with van der Waals surface area (Å²) in [7, 11) is 0. The highest BCUT2D eigenvalue weighted by Crippen LogP contribution is 2.20. The summed E-state index contributed by atoms with van der Waals surface area (Å²) in [6.07, 6.45) is 0.451. The quantitative estimate of drug-likeness (QED) is 0.514. The second kappa shape index (κ2) is 3.35. The van der Waals surface area contributed by atoms with E-state index in [1.165, 1.54) is 0 Å². The van der Waals surface area contributed by atoms with Crippen molar-refractivity contribution in [1.82, 2.24) is 4.98 Å². The Morgan fingerprint density at radius 2 is 2.21 bits per heavy atom. The van der Waals surface area contributed by atoms with Crippen molar-refractivity contribution >= 4 is 28.3 Å². The van der Waals surface area contributed by atoms with Gasteiger partial charge < -0.3 is 10.7 Å². The average Bonchev–Trinajstić information content (AvgIpc) is 2.44. The van der Waals surface area contributed by atoms with Crippen molar-refractivity contribution in [3.63, 3.8) is 0 Å². The summed E-state index contributed by atoms with van der Waals surface area (Å²) in [4.78, 5) is 3.17. The van der Waals surface area contributed by atoms with Crippen molar-refractivity contribution in [1.29, 1.82) is 5.41 Å². The molecule has 0 aliphatic rings. The molecule has 0 saturated heterocycles. The lowest BCUT2D eigenvalue weighted by Gasteiger charge is -1.92. The topological polar surface area (TPSA) is 65.7 Å². The summed E-state index contributed by atoms with van der Waals surface area (Å²) in [5, 5.41) is 8.94. The third kappa shape index (κ3) is 1.72. The fraction of sp³-hybridized carbons (Fsp3) is 0.100. The molecular formula is C10H10ClN3. The molecule has 0 saturated carbocycles. The van der Waals surface area contributed by atoms with Crippen molar-refractivity contribution < 1.29 is 0 Å². The van der Waals surface area contributed by atoms with Crippen LogP contribution in [0.4, 0.5) is 0 Å². The van der Waals surface area contributed by atoms with Gasteiger partial charge in [0.2, 0.25) is 0 Å². The lowest BCUT2D eigenvalue weighted by molar-refractivity contribution is 1.17. The third-order valence-corrected chi connectivity index (χ3v) is 2.25. The maximum Gasteiger partial charge on any atom is 0.0965 e. The third-order valence-electron chi connectivity index (χ3n) is 2.02. The molecule has 0 radical (unpaired) electrons. The number of benzene rings is 1. The van der Waals surface area contributed by atoms with E-state index in [2.05, 4.69) is 4.98 Å². The second-order valence-electron chi connectivity index (χ2n) is 3.23. The number of fused-ring (bicyclic) bond motifs is 1. The summed E-state index contributed by atoms with van der Waals surface area (Å²) in [5.74, 6) is 0.155. The maximum absolute atomic E-state index is 7.18. The van der Waals surface area contributed by atoms with Gasteiger partial charge in [-0.3, -0.25) is 5.41 Å². The van der Waals surface area contributed by atoms with Crippen molar-refractivity contribution in [2.24, 2.45) is 5.73 Å². The van der Waals surface area contributed by atoms with E-state index in [1.807, 2.05) is 24.3 Å². The van der Waals surface area contributed by atoms with Crippen LogP contribution in [-0.4, -0.2) is 10.8 Å². The molecule has 4 N–H and O–H groups in total. The van der Waals surface area contributed by atoms with Gasteiger partial charge in [-0.15, -0.1) is 0 Å². The first-order valence-corrected chi connectivity index (χ1v) is 4.63. The molecule has 0 aliphatic heterocycles. The number of hydrogen-bond acceptors (Lipinski definition) is 1. The predicted molar refractivity (Wildman–Crippen MR) is 58.9 cm³/mol. The van der Waals surface area contributed by atoms with Crippen LogP contribution in [0.25, 0.3) is 10.9 Å². The van der Waals surface area contributed by atoms with E-state index in [-0.39, 0.29) is 5.84 Å². The van der Waals surface area contributed by atoms with Crippen LogP contribution in [0.3, 0.4) is 0 Å². The van der Waals surface area contributed by atoms with Crippen LogP contribution in [0.5, 0.6) is 0 Å². The molecule has 0 unspecified atom stereocenters. The number of nitrogens with one attached hydrogen (secondary N) is 2. The monoisotopic (exact) mass is 207 g/mol. The molecule has 1 aromatic heterocycles. The smallest absolute Gasteiger partial charge is 0.0965 e. The number of amidine groups is 1. The van der Waals surface area contributed by atoms with Gasteiger partial charge in [-0.25, -0.2) is 0 Å². The van der Waals surface area contributed by atoms with Gasteiger partial charge in [0.25, 0.3) is 0 Å². The zero-order chi connectivity index (χ0) is 10.1. The van der Waals surface area contributed by atoms with Gasteiger partial charge in [0, 0.05) is 28.0 Å². The Kier molecular flexibility index (Phi) is 2.17. The number of H-pyrrole nitrogens is 1. The van der Waals surface area contributed by atoms with Crippen molar-refractivity contribution in [3.05, 3.63) is 35.0 Å². The SMILES string of the molecule is N=C(N)Cc1cc2cc(Cl)ccc2[nH]1. The van der Waals surface area contributed by atoms with Crippen LogP contribution in [0.1, 0.15) is 5.69 Å². The number of aromatic nitrogens is 1. The van der Waals surface area contributed by atoms with Crippen LogP contribution in [0.15, 0.2) is 24.3 Å². The van der Waals surface area contributed by atoms with Gasteiger partial charge >= 0.3 is 0 Å². The molecule has 2 aromatic rings. The van der Waals surface area contributed by atoms with Gasteiger partial charge in [0.05, 0.1) is 5.84 Å². The minimum atomic E-state index is 0.155. The minimum absolute atomic E-state index is 0.155. The highest BCUT2D eigenvalue weighted by molar-refractivity contribution is 6.31. The first kappa shape index (κ1) is 9.09. The predicted octanol–water partition coefficient (Wildman–Crippen LogP) is 2.30. The van der Waals surface area contributed by atoms with Gasteiger partial charge in [-0.05, 0) is 24.3 Å². The molecule has 3 nitrogen and oxygen atoms in total.